The molecule has 0 aliphatic rings. The van der Waals surface area contributed by atoms with Crippen molar-refractivity contribution in [2.75, 3.05) is 37.9 Å². The first-order chi connectivity index (χ1) is 9.69. The van der Waals surface area contributed by atoms with E-state index in [0.717, 1.165) is 44.7 Å². The number of carbonyl (C=O) groups excluding carboxylic acids is 1. The van der Waals surface area contributed by atoms with Crippen molar-refractivity contribution in [3.63, 3.8) is 0 Å². The Balaban J connectivity index is 2.41. The molecule has 0 fully saturated rings. The maximum absolute atomic E-state index is 11.7. The van der Waals surface area contributed by atoms with Gasteiger partial charge in [-0.25, -0.2) is 4.79 Å². The van der Waals surface area contributed by atoms with Crippen LogP contribution in [0.2, 0.25) is 0 Å². The first-order valence-corrected chi connectivity index (χ1v) is 6.98. The van der Waals surface area contributed by atoms with E-state index in [-0.39, 0.29) is 5.97 Å². The Kier molecular flexibility index (Phi) is 7.50. The normalized spacial score (nSPS) is 10.3. The number of hydrogen-bond donors (Lipinski definition) is 2. The van der Waals surface area contributed by atoms with E-state index in [1.54, 1.807) is 18.2 Å². The molecule has 1 rings (SSSR count). The molecule has 0 amide bonds. The number of methoxy groups -OCH3 is 1. The fourth-order valence-electron chi connectivity index (χ4n) is 1.74. The summed E-state index contributed by atoms with van der Waals surface area (Å²) in [6.45, 7) is 4.40. The molecule has 0 radical (unpaired) electrons. The van der Waals surface area contributed by atoms with Gasteiger partial charge >= 0.3 is 5.97 Å². The first kappa shape index (κ1) is 16.3. The van der Waals surface area contributed by atoms with Crippen molar-refractivity contribution in [2.45, 2.75) is 26.2 Å². The highest BCUT2D eigenvalue weighted by Gasteiger charge is 2.11. The smallest absolute Gasteiger partial charge is 0.340 e. The molecule has 0 aromatic heterocycles. The molecule has 1 aromatic rings. The lowest BCUT2D eigenvalue weighted by Crippen LogP contribution is -2.11. The van der Waals surface area contributed by atoms with Gasteiger partial charge in [0.15, 0.2) is 0 Å². The van der Waals surface area contributed by atoms with Crippen LogP contribution in [0.3, 0.4) is 0 Å². The second-order valence-corrected chi connectivity index (χ2v) is 4.54. The molecule has 5 nitrogen and oxygen atoms in total. The monoisotopic (exact) mass is 280 g/mol. The molecule has 20 heavy (non-hydrogen) atoms. The summed E-state index contributed by atoms with van der Waals surface area (Å²) < 4.78 is 10.2. The van der Waals surface area contributed by atoms with Gasteiger partial charge in [0.2, 0.25) is 0 Å². The maximum atomic E-state index is 11.7. The highest BCUT2D eigenvalue weighted by atomic mass is 16.5. The summed E-state index contributed by atoms with van der Waals surface area (Å²) in [6.07, 6.45) is 3.12. The number of benzene rings is 1. The van der Waals surface area contributed by atoms with E-state index in [0.29, 0.717) is 11.3 Å². The van der Waals surface area contributed by atoms with Crippen LogP contribution in [0, 0.1) is 0 Å². The molecular formula is C15H24N2O3. The minimum Gasteiger partial charge on any atom is -0.465 e. The summed E-state index contributed by atoms with van der Waals surface area (Å²) in [5.41, 5.74) is 7.42. The number of unbranched alkanes of at least 4 members (excludes halogenated alkanes) is 1. The van der Waals surface area contributed by atoms with Crippen molar-refractivity contribution in [3.8, 4) is 0 Å². The number of esters is 1. The number of hydrogen-bond acceptors (Lipinski definition) is 5. The number of carbonyl (C=O) groups is 1. The predicted octanol–water partition coefficient (Wildman–Crippen LogP) is 2.67. The zero-order valence-electron chi connectivity index (χ0n) is 12.3. The summed E-state index contributed by atoms with van der Waals surface area (Å²) in [7, 11) is 1.36. The Hall–Kier alpha value is -1.75. The van der Waals surface area contributed by atoms with Crippen LogP contribution in [-0.4, -0.2) is 32.8 Å². The number of nitrogens with one attached hydrogen (secondary N) is 1. The van der Waals surface area contributed by atoms with E-state index in [9.17, 15) is 4.79 Å². The number of anilines is 2. The molecule has 1 aromatic carbocycles. The first-order valence-electron chi connectivity index (χ1n) is 6.98. The second kappa shape index (κ2) is 9.20. The minimum atomic E-state index is -0.390. The predicted molar refractivity (Wildman–Crippen MR) is 81.0 cm³/mol. The molecule has 3 N–H and O–H groups in total. The topological polar surface area (TPSA) is 73.6 Å². The van der Waals surface area contributed by atoms with Crippen molar-refractivity contribution >= 4 is 17.3 Å². The van der Waals surface area contributed by atoms with Gasteiger partial charge in [-0.15, -0.1) is 0 Å². The van der Waals surface area contributed by atoms with E-state index >= 15 is 0 Å². The second-order valence-electron chi connectivity index (χ2n) is 4.54. The van der Waals surface area contributed by atoms with Gasteiger partial charge < -0.3 is 20.5 Å². The van der Waals surface area contributed by atoms with Gasteiger partial charge in [0, 0.05) is 31.1 Å². The van der Waals surface area contributed by atoms with Crippen LogP contribution >= 0.6 is 0 Å². The Bertz CT molecular complexity index is 422. The largest absolute Gasteiger partial charge is 0.465 e. The lowest BCUT2D eigenvalue weighted by molar-refractivity contribution is 0.0602. The lowest BCUT2D eigenvalue weighted by Gasteiger charge is -2.11. The third-order valence-corrected chi connectivity index (χ3v) is 2.87. The van der Waals surface area contributed by atoms with E-state index in [2.05, 4.69) is 12.2 Å². The van der Waals surface area contributed by atoms with Crippen molar-refractivity contribution in [1.82, 2.24) is 0 Å². The standard InChI is InChI=1S/C15H24N2O3/c1-3-4-9-20-10-5-8-17-14-7-6-12(16)11-13(14)15(18)19-2/h6-7,11,17H,3-5,8-10,16H2,1-2H3. The average molecular weight is 280 g/mol. The Morgan fingerprint density at radius 3 is 2.75 bits per heavy atom. The maximum Gasteiger partial charge on any atom is 0.340 e. The van der Waals surface area contributed by atoms with E-state index in [4.69, 9.17) is 15.2 Å². The quantitative estimate of drug-likeness (QED) is 0.413. The van der Waals surface area contributed by atoms with Crippen LogP contribution in [-0.2, 0) is 9.47 Å². The Labute approximate surface area is 120 Å². The van der Waals surface area contributed by atoms with Crippen LogP contribution in [0.15, 0.2) is 18.2 Å². The summed E-state index contributed by atoms with van der Waals surface area (Å²) >= 11 is 0. The molecule has 0 spiro atoms. The fourth-order valence-corrected chi connectivity index (χ4v) is 1.74. The summed E-state index contributed by atoms with van der Waals surface area (Å²) in [5.74, 6) is -0.390. The zero-order chi connectivity index (χ0) is 14.8. The molecule has 0 saturated carbocycles. The highest BCUT2D eigenvalue weighted by Crippen LogP contribution is 2.19. The number of nitrogens with two attached hydrogens (primary N) is 1. The van der Waals surface area contributed by atoms with E-state index in [1.807, 2.05) is 0 Å². The SMILES string of the molecule is CCCCOCCCNc1ccc(N)cc1C(=O)OC. The van der Waals surface area contributed by atoms with Crippen molar-refractivity contribution in [1.29, 1.82) is 0 Å². The Morgan fingerprint density at radius 2 is 2.05 bits per heavy atom. The van der Waals surface area contributed by atoms with Crippen molar-refractivity contribution in [2.24, 2.45) is 0 Å². The molecule has 0 aliphatic heterocycles. The summed E-state index contributed by atoms with van der Waals surface area (Å²) in [6, 6.07) is 5.16. The van der Waals surface area contributed by atoms with Crippen LogP contribution in [0.4, 0.5) is 11.4 Å². The van der Waals surface area contributed by atoms with Gasteiger partial charge in [0.05, 0.1) is 12.7 Å². The minimum absolute atomic E-state index is 0.390. The number of nitrogen functional groups attached to an aromatic ring is 1. The van der Waals surface area contributed by atoms with Gasteiger partial charge in [0.25, 0.3) is 0 Å². The molecule has 0 bridgehead atoms. The van der Waals surface area contributed by atoms with Crippen LogP contribution < -0.4 is 11.1 Å². The van der Waals surface area contributed by atoms with Gasteiger partial charge in [-0.3, -0.25) is 0 Å². The highest BCUT2D eigenvalue weighted by molar-refractivity contribution is 5.96. The third-order valence-electron chi connectivity index (χ3n) is 2.87. The molecular weight excluding hydrogens is 256 g/mol. The van der Waals surface area contributed by atoms with Gasteiger partial charge in [-0.1, -0.05) is 13.3 Å². The van der Waals surface area contributed by atoms with Crippen molar-refractivity contribution in [3.05, 3.63) is 23.8 Å². The molecule has 0 atom stereocenters. The molecule has 112 valence electrons. The van der Waals surface area contributed by atoms with Crippen LogP contribution in [0.1, 0.15) is 36.5 Å². The Morgan fingerprint density at radius 1 is 1.30 bits per heavy atom. The third kappa shape index (κ3) is 5.48. The lowest BCUT2D eigenvalue weighted by atomic mass is 10.1. The molecule has 0 saturated heterocycles. The van der Waals surface area contributed by atoms with Crippen molar-refractivity contribution < 1.29 is 14.3 Å². The number of rotatable bonds is 9. The fraction of sp³-hybridized carbons (Fsp3) is 0.533. The molecule has 0 unspecified atom stereocenters. The molecule has 0 heterocycles. The molecule has 0 aliphatic carbocycles. The van der Waals surface area contributed by atoms with Crippen LogP contribution in [0.25, 0.3) is 0 Å². The van der Waals surface area contributed by atoms with Gasteiger partial charge in [-0.2, -0.15) is 0 Å². The van der Waals surface area contributed by atoms with Gasteiger partial charge in [-0.05, 0) is 31.0 Å². The summed E-state index contributed by atoms with van der Waals surface area (Å²) in [5, 5.41) is 3.21. The zero-order valence-corrected chi connectivity index (χ0v) is 12.3. The molecule has 5 heteroatoms. The van der Waals surface area contributed by atoms with E-state index in [1.165, 1.54) is 7.11 Å². The van der Waals surface area contributed by atoms with E-state index < -0.39 is 0 Å². The summed E-state index contributed by atoms with van der Waals surface area (Å²) in [4.78, 5) is 11.7. The average Bonchev–Trinajstić information content (AvgIpc) is 2.46. The van der Waals surface area contributed by atoms with Crippen LogP contribution in [0.5, 0.6) is 0 Å². The number of ether oxygens (including phenoxy) is 2. The van der Waals surface area contributed by atoms with Gasteiger partial charge in [0.1, 0.15) is 0 Å².